The van der Waals surface area contributed by atoms with E-state index in [2.05, 4.69) is 40.2 Å². The molecule has 5 rings (SSSR count). The monoisotopic (exact) mass is 430 g/mol. The number of aromatic nitrogens is 4. The second-order valence-electron chi connectivity index (χ2n) is 7.79. The van der Waals surface area contributed by atoms with Crippen LogP contribution in [0.1, 0.15) is 22.6 Å². The Hall–Kier alpha value is -3.47. The van der Waals surface area contributed by atoms with Gasteiger partial charge in [0.2, 0.25) is 0 Å². The van der Waals surface area contributed by atoms with E-state index in [-0.39, 0.29) is 16.8 Å². The molecule has 0 atom stereocenters. The lowest BCUT2D eigenvalue weighted by Gasteiger charge is -2.25. The van der Waals surface area contributed by atoms with E-state index in [9.17, 15) is 10.1 Å². The van der Waals surface area contributed by atoms with Gasteiger partial charge in [0, 0.05) is 18.1 Å². The fraction of sp³-hybridized carbons (Fsp3) is 0.217. The molecule has 0 unspecified atom stereocenters. The zero-order chi connectivity index (χ0) is 21.7. The summed E-state index contributed by atoms with van der Waals surface area (Å²) in [5.74, 6) is 0.503. The number of halogens is 1. The van der Waals surface area contributed by atoms with Gasteiger partial charge in [-0.3, -0.25) is 9.36 Å². The second kappa shape index (κ2) is 7.34. The molecule has 3 heterocycles. The fourth-order valence-electron chi connectivity index (χ4n) is 4.17. The minimum atomic E-state index is -0.277. The molecular weight excluding hydrogens is 412 g/mol. The zero-order valence-corrected chi connectivity index (χ0v) is 17.9. The number of likely N-dealkylation sites (N-methyl/N-ethyl adjacent to an activating group) is 1. The minimum Gasteiger partial charge on any atom is -0.302 e. The van der Waals surface area contributed by atoms with Gasteiger partial charge in [-0.25, -0.2) is 9.67 Å². The van der Waals surface area contributed by atoms with E-state index in [4.69, 9.17) is 11.6 Å². The predicted molar refractivity (Wildman–Crippen MR) is 119 cm³/mol. The summed E-state index contributed by atoms with van der Waals surface area (Å²) in [7, 11) is 2.09. The largest absolute Gasteiger partial charge is 0.302 e. The molecule has 0 N–H and O–H groups in total. The van der Waals surface area contributed by atoms with Gasteiger partial charge in [-0.1, -0.05) is 23.7 Å². The lowest BCUT2D eigenvalue weighted by Crippen LogP contribution is -2.28. The highest BCUT2D eigenvalue weighted by molar-refractivity contribution is 6.30. The first-order valence-electron chi connectivity index (χ1n) is 9.95. The molecule has 7 nitrogen and oxygen atoms in total. The number of benzene rings is 2. The van der Waals surface area contributed by atoms with Crippen LogP contribution in [0.25, 0.3) is 22.4 Å². The van der Waals surface area contributed by atoms with E-state index in [0.29, 0.717) is 22.1 Å². The maximum atomic E-state index is 13.7. The molecule has 0 spiro atoms. The van der Waals surface area contributed by atoms with Crippen LogP contribution in [0.3, 0.4) is 0 Å². The number of nitriles is 1. The number of rotatable bonds is 2. The Balaban J connectivity index is 1.78. The van der Waals surface area contributed by atoms with Crippen LogP contribution in [0.15, 0.2) is 47.3 Å². The van der Waals surface area contributed by atoms with Crippen molar-refractivity contribution in [2.24, 2.45) is 0 Å². The number of hydrogen-bond acceptors (Lipinski definition) is 5. The molecule has 0 saturated carbocycles. The van der Waals surface area contributed by atoms with Crippen molar-refractivity contribution in [3.8, 4) is 17.4 Å². The molecule has 1 aliphatic rings. The van der Waals surface area contributed by atoms with Crippen LogP contribution in [0.2, 0.25) is 5.02 Å². The summed E-state index contributed by atoms with van der Waals surface area (Å²) >= 11 is 6.15. The average Bonchev–Trinajstić information content (AvgIpc) is 3.12. The van der Waals surface area contributed by atoms with Crippen LogP contribution in [0.4, 0.5) is 0 Å². The van der Waals surface area contributed by atoms with Crippen molar-refractivity contribution in [1.82, 2.24) is 24.2 Å². The van der Waals surface area contributed by atoms with Crippen molar-refractivity contribution >= 4 is 22.6 Å². The normalized spacial score (nSPS) is 13.9. The van der Waals surface area contributed by atoms with Crippen LogP contribution >= 0.6 is 11.6 Å². The third-order valence-corrected chi connectivity index (χ3v) is 5.91. The highest BCUT2D eigenvalue weighted by Gasteiger charge is 2.21. The third kappa shape index (κ3) is 3.21. The number of aryl methyl sites for hydroxylation is 1. The number of nitrogens with zero attached hydrogens (tertiary/aromatic N) is 6. The second-order valence-corrected chi connectivity index (χ2v) is 8.23. The Labute approximate surface area is 183 Å². The van der Waals surface area contributed by atoms with Crippen molar-refractivity contribution in [2.75, 3.05) is 13.6 Å². The molecule has 0 aliphatic carbocycles. The minimum absolute atomic E-state index is 0.106. The molecule has 31 heavy (non-hydrogen) atoms. The first-order chi connectivity index (χ1) is 15.0. The van der Waals surface area contributed by atoms with Gasteiger partial charge in [0.15, 0.2) is 11.2 Å². The van der Waals surface area contributed by atoms with E-state index in [1.165, 1.54) is 15.8 Å². The molecule has 0 fully saturated rings. The summed E-state index contributed by atoms with van der Waals surface area (Å²) in [6, 6.07) is 15.2. The summed E-state index contributed by atoms with van der Waals surface area (Å²) in [5.41, 5.74) is 4.23. The first kappa shape index (κ1) is 19.5. The summed E-state index contributed by atoms with van der Waals surface area (Å²) in [6.07, 6.45) is 0.990. The van der Waals surface area contributed by atoms with Gasteiger partial charge in [-0.15, -0.1) is 0 Å². The van der Waals surface area contributed by atoms with Crippen LogP contribution < -0.4 is 5.56 Å². The summed E-state index contributed by atoms with van der Waals surface area (Å²) in [6.45, 7) is 3.63. The lowest BCUT2D eigenvalue weighted by atomic mass is 9.99. The summed E-state index contributed by atoms with van der Waals surface area (Å²) in [4.78, 5) is 20.6. The Morgan fingerprint density at radius 2 is 1.97 bits per heavy atom. The molecule has 0 bridgehead atoms. The van der Waals surface area contributed by atoms with Gasteiger partial charge in [0.1, 0.15) is 17.4 Å². The SMILES string of the molecule is Cc1nc2c(C#N)nn(-c3cccc(Cl)c3)c2c(=O)n1-c1ccc2c(c1)CN(C)CC2. The Morgan fingerprint density at radius 1 is 1.13 bits per heavy atom. The summed E-state index contributed by atoms with van der Waals surface area (Å²) < 4.78 is 3.04. The Bertz CT molecular complexity index is 1450. The van der Waals surface area contributed by atoms with E-state index in [0.717, 1.165) is 25.2 Å². The standard InChI is InChI=1S/C23H19ClN6O/c1-14-26-21-20(12-25)27-30(19-5-3-4-17(24)11-19)22(21)23(31)29(14)18-7-6-15-8-9-28(2)13-16(15)10-18/h3-7,10-11H,8-9,13H2,1-2H3. The Kier molecular flexibility index (Phi) is 4.62. The van der Waals surface area contributed by atoms with Gasteiger partial charge in [0.25, 0.3) is 5.56 Å². The average molecular weight is 431 g/mol. The van der Waals surface area contributed by atoms with Crippen LogP contribution in [-0.4, -0.2) is 37.8 Å². The van der Waals surface area contributed by atoms with Gasteiger partial charge in [0.05, 0.1) is 11.4 Å². The fourth-order valence-corrected chi connectivity index (χ4v) is 4.35. The molecule has 8 heteroatoms. The molecular formula is C23H19ClN6O. The highest BCUT2D eigenvalue weighted by Crippen LogP contribution is 2.24. The van der Waals surface area contributed by atoms with E-state index < -0.39 is 0 Å². The lowest BCUT2D eigenvalue weighted by molar-refractivity contribution is 0.313. The van der Waals surface area contributed by atoms with Gasteiger partial charge in [-0.05, 0) is 61.9 Å². The van der Waals surface area contributed by atoms with Gasteiger partial charge in [-0.2, -0.15) is 10.4 Å². The van der Waals surface area contributed by atoms with Crippen LogP contribution in [0.5, 0.6) is 0 Å². The van der Waals surface area contributed by atoms with E-state index in [1.807, 2.05) is 6.07 Å². The predicted octanol–water partition coefficient (Wildman–Crippen LogP) is 3.39. The quantitative estimate of drug-likeness (QED) is 0.487. The van der Waals surface area contributed by atoms with Crippen LogP contribution in [0, 0.1) is 18.3 Å². The molecule has 0 saturated heterocycles. The number of hydrogen-bond donors (Lipinski definition) is 0. The van der Waals surface area contributed by atoms with Crippen molar-refractivity contribution in [2.45, 2.75) is 19.9 Å². The molecule has 0 amide bonds. The Morgan fingerprint density at radius 3 is 2.74 bits per heavy atom. The molecule has 2 aromatic heterocycles. The van der Waals surface area contributed by atoms with Crippen molar-refractivity contribution in [3.63, 3.8) is 0 Å². The topological polar surface area (TPSA) is 79.7 Å². The molecule has 2 aromatic carbocycles. The van der Waals surface area contributed by atoms with E-state index >= 15 is 0 Å². The summed E-state index contributed by atoms with van der Waals surface area (Å²) in [5, 5.41) is 14.4. The first-order valence-corrected chi connectivity index (χ1v) is 10.3. The smallest absolute Gasteiger partial charge is 0.284 e. The van der Waals surface area contributed by atoms with Crippen LogP contribution in [-0.2, 0) is 13.0 Å². The third-order valence-electron chi connectivity index (χ3n) is 5.67. The van der Waals surface area contributed by atoms with Crippen molar-refractivity contribution in [1.29, 1.82) is 5.26 Å². The van der Waals surface area contributed by atoms with Gasteiger partial charge >= 0.3 is 0 Å². The maximum Gasteiger partial charge on any atom is 0.284 e. The zero-order valence-electron chi connectivity index (χ0n) is 17.1. The maximum absolute atomic E-state index is 13.7. The van der Waals surface area contributed by atoms with Gasteiger partial charge < -0.3 is 4.90 Å². The molecule has 154 valence electrons. The molecule has 1 aliphatic heterocycles. The highest BCUT2D eigenvalue weighted by atomic mass is 35.5. The number of fused-ring (bicyclic) bond motifs is 2. The van der Waals surface area contributed by atoms with Crippen molar-refractivity contribution < 1.29 is 0 Å². The molecule has 4 aromatic rings. The van der Waals surface area contributed by atoms with E-state index in [1.54, 1.807) is 35.8 Å². The van der Waals surface area contributed by atoms with Crippen molar-refractivity contribution in [3.05, 3.63) is 80.5 Å². The molecule has 0 radical (unpaired) electrons.